The zero-order valence-corrected chi connectivity index (χ0v) is 12.4. The van der Waals surface area contributed by atoms with Crippen molar-refractivity contribution in [2.24, 2.45) is 17.6 Å². The first kappa shape index (κ1) is 17.8. The molecule has 0 aliphatic carbocycles. The first-order valence-corrected chi connectivity index (χ1v) is 7.09. The first-order valence-electron chi connectivity index (χ1n) is 7.09. The molecule has 0 amide bonds. The Labute approximate surface area is 128 Å². The summed E-state index contributed by atoms with van der Waals surface area (Å²) in [6.07, 6.45) is 0.274. The number of nitrogens with two attached hydrogens (primary N) is 1. The van der Waals surface area contributed by atoms with Gasteiger partial charge in [-0.15, -0.1) is 0 Å². The second-order valence-electron chi connectivity index (χ2n) is 5.54. The molecule has 2 unspecified atom stereocenters. The Balaban J connectivity index is 2.66. The summed E-state index contributed by atoms with van der Waals surface area (Å²) in [5.41, 5.74) is 6.20. The third-order valence-electron chi connectivity index (χ3n) is 3.49. The molecular weight excluding hydrogens is 286 g/mol. The minimum Gasteiger partial charge on any atom is -0.481 e. The van der Waals surface area contributed by atoms with Crippen LogP contribution in [0.2, 0.25) is 0 Å². The third kappa shape index (κ3) is 5.65. The van der Waals surface area contributed by atoms with Gasteiger partial charge in [-0.1, -0.05) is 37.3 Å². The molecule has 0 aliphatic rings. The quantitative estimate of drug-likeness (QED) is 0.592. The van der Waals surface area contributed by atoms with Crippen LogP contribution < -0.4 is 5.73 Å². The van der Waals surface area contributed by atoms with Crippen LogP contribution in [-0.2, 0) is 20.8 Å². The van der Waals surface area contributed by atoms with E-state index in [2.05, 4.69) is 0 Å². The van der Waals surface area contributed by atoms with Gasteiger partial charge in [-0.2, -0.15) is 0 Å². The van der Waals surface area contributed by atoms with Gasteiger partial charge in [0.25, 0.3) is 0 Å². The van der Waals surface area contributed by atoms with E-state index in [0.717, 1.165) is 5.56 Å². The Morgan fingerprint density at radius 3 is 2.18 bits per heavy atom. The maximum atomic E-state index is 12.2. The van der Waals surface area contributed by atoms with Crippen molar-refractivity contribution in [3.63, 3.8) is 0 Å². The van der Waals surface area contributed by atoms with Gasteiger partial charge in [0.1, 0.15) is 17.7 Å². The van der Waals surface area contributed by atoms with E-state index >= 15 is 0 Å². The molecule has 22 heavy (non-hydrogen) atoms. The fourth-order valence-corrected chi connectivity index (χ4v) is 2.29. The summed E-state index contributed by atoms with van der Waals surface area (Å²) in [6.45, 7) is 1.70. The van der Waals surface area contributed by atoms with E-state index in [1.54, 1.807) is 31.2 Å². The van der Waals surface area contributed by atoms with Crippen LogP contribution in [0.25, 0.3) is 0 Å². The number of carbonyl (C=O) groups is 3. The lowest BCUT2D eigenvalue weighted by Crippen LogP contribution is -2.33. The van der Waals surface area contributed by atoms with E-state index in [0.29, 0.717) is 0 Å². The molecule has 0 bridgehead atoms. The van der Waals surface area contributed by atoms with Crippen molar-refractivity contribution < 1.29 is 24.6 Å². The second kappa shape index (κ2) is 8.29. The Morgan fingerprint density at radius 1 is 1.09 bits per heavy atom. The summed E-state index contributed by atoms with van der Waals surface area (Å²) in [5.74, 6) is -4.09. The van der Waals surface area contributed by atoms with Gasteiger partial charge in [0, 0.05) is 6.42 Å². The number of carboxylic acid groups (broad SMARTS) is 2. The zero-order chi connectivity index (χ0) is 16.7. The molecule has 1 aromatic carbocycles. The maximum Gasteiger partial charge on any atom is 0.320 e. The van der Waals surface area contributed by atoms with E-state index in [9.17, 15) is 19.5 Å². The fourth-order valence-electron chi connectivity index (χ4n) is 2.29. The van der Waals surface area contributed by atoms with Crippen LogP contribution in [0, 0.1) is 11.8 Å². The summed E-state index contributed by atoms with van der Waals surface area (Å²) in [6, 6.07) is 7.89. The highest BCUT2D eigenvalue weighted by molar-refractivity contribution is 5.98. The highest BCUT2D eigenvalue weighted by Crippen LogP contribution is 2.17. The van der Waals surface area contributed by atoms with Crippen LogP contribution in [-0.4, -0.2) is 34.0 Å². The molecule has 0 spiro atoms. The standard InChI is InChI=1S/C16H21NO5/c1-10(7-13(17)16(21)22)8-14(18)12(15(19)20)9-11-5-3-2-4-6-11/h2-6,10,12-13H,7-9,17H2,1H3,(H,19,20)(H,21,22)/t10?,12?,13-/m0/s1. The third-order valence-corrected chi connectivity index (χ3v) is 3.49. The van der Waals surface area contributed by atoms with Crippen molar-refractivity contribution in [2.75, 3.05) is 0 Å². The van der Waals surface area contributed by atoms with Gasteiger partial charge in [-0.3, -0.25) is 14.4 Å². The van der Waals surface area contributed by atoms with E-state index in [1.807, 2.05) is 6.07 Å². The van der Waals surface area contributed by atoms with Crippen molar-refractivity contribution in [3.05, 3.63) is 35.9 Å². The normalized spacial score (nSPS) is 14.8. The van der Waals surface area contributed by atoms with Crippen molar-refractivity contribution in [3.8, 4) is 0 Å². The van der Waals surface area contributed by atoms with Crippen LogP contribution in [0.1, 0.15) is 25.3 Å². The monoisotopic (exact) mass is 307 g/mol. The van der Waals surface area contributed by atoms with Crippen molar-refractivity contribution in [1.82, 2.24) is 0 Å². The summed E-state index contributed by atoms with van der Waals surface area (Å²) < 4.78 is 0. The summed E-state index contributed by atoms with van der Waals surface area (Å²) in [4.78, 5) is 34.2. The smallest absolute Gasteiger partial charge is 0.320 e. The molecule has 1 rings (SSSR count). The molecule has 0 saturated carbocycles. The van der Waals surface area contributed by atoms with Gasteiger partial charge >= 0.3 is 11.9 Å². The molecule has 3 atom stereocenters. The number of hydrogen-bond acceptors (Lipinski definition) is 4. The van der Waals surface area contributed by atoms with E-state index in [-0.39, 0.29) is 25.2 Å². The topological polar surface area (TPSA) is 118 Å². The Hall–Kier alpha value is -2.21. The summed E-state index contributed by atoms with van der Waals surface area (Å²) in [5, 5.41) is 18.0. The van der Waals surface area contributed by atoms with Gasteiger partial charge in [0.15, 0.2) is 0 Å². The van der Waals surface area contributed by atoms with Gasteiger partial charge in [-0.05, 0) is 24.3 Å². The van der Waals surface area contributed by atoms with Crippen molar-refractivity contribution in [2.45, 2.75) is 32.2 Å². The van der Waals surface area contributed by atoms with Crippen LogP contribution in [0.3, 0.4) is 0 Å². The molecule has 6 nitrogen and oxygen atoms in total. The highest BCUT2D eigenvalue weighted by atomic mass is 16.4. The molecule has 0 aliphatic heterocycles. The highest BCUT2D eigenvalue weighted by Gasteiger charge is 2.28. The molecule has 0 aromatic heterocycles. The van der Waals surface area contributed by atoms with Gasteiger partial charge in [0.05, 0.1) is 0 Å². The summed E-state index contributed by atoms with van der Waals surface area (Å²) >= 11 is 0. The molecule has 4 N–H and O–H groups in total. The van der Waals surface area contributed by atoms with Crippen LogP contribution in [0.4, 0.5) is 0 Å². The second-order valence-corrected chi connectivity index (χ2v) is 5.54. The minimum atomic E-state index is -1.16. The number of aliphatic carboxylic acids is 2. The molecule has 0 heterocycles. The first-order chi connectivity index (χ1) is 10.3. The molecule has 0 fully saturated rings. The number of carboxylic acids is 2. The minimum absolute atomic E-state index is 0.00474. The number of carbonyl (C=O) groups excluding carboxylic acids is 1. The summed E-state index contributed by atoms with van der Waals surface area (Å²) in [7, 11) is 0. The largest absolute Gasteiger partial charge is 0.481 e. The average molecular weight is 307 g/mol. The molecule has 6 heteroatoms. The van der Waals surface area contributed by atoms with E-state index in [4.69, 9.17) is 10.8 Å². The lowest BCUT2D eigenvalue weighted by atomic mass is 9.88. The molecular formula is C16H21NO5. The Bertz CT molecular complexity index is 529. The number of rotatable bonds is 9. The number of ketones is 1. The number of hydrogen-bond donors (Lipinski definition) is 3. The van der Waals surface area contributed by atoms with Crippen LogP contribution in [0.5, 0.6) is 0 Å². The van der Waals surface area contributed by atoms with Gasteiger partial charge in [0.2, 0.25) is 0 Å². The lowest BCUT2D eigenvalue weighted by Gasteiger charge is -2.16. The van der Waals surface area contributed by atoms with E-state index in [1.165, 1.54) is 0 Å². The van der Waals surface area contributed by atoms with E-state index < -0.39 is 29.7 Å². The van der Waals surface area contributed by atoms with Crippen molar-refractivity contribution in [1.29, 1.82) is 0 Å². The predicted octanol–water partition coefficient (Wildman–Crippen LogP) is 1.33. The maximum absolute atomic E-state index is 12.2. The predicted molar refractivity (Wildman–Crippen MR) is 80.3 cm³/mol. The van der Waals surface area contributed by atoms with Gasteiger partial charge < -0.3 is 15.9 Å². The zero-order valence-electron chi connectivity index (χ0n) is 12.4. The molecule has 120 valence electrons. The fraction of sp³-hybridized carbons (Fsp3) is 0.438. The lowest BCUT2D eigenvalue weighted by molar-refractivity contribution is -0.147. The number of benzene rings is 1. The Kier molecular flexibility index (Phi) is 6.72. The van der Waals surface area contributed by atoms with Crippen molar-refractivity contribution >= 4 is 17.7 Å². The average Bonchev–Trinajstić information content (AvgIpc) is 2.45. The van der Waals surface area contributed by atoms with Gasteiger partial charge in [-0.25, -0.2) is 0 Å². The molecule has 0 saturated heterocycles. The molecule has 1 aromatic rings. The number of Topliss-reactive ketones (excluding diaryl/α,β-unsaturated/α-hetero) is 1. The van der Waals surface area contributed by atoms with Crippen LogP contribution in [0.15, 0.2) is 30.3 Å². The Morgan fingerprint density at radius 2 is 1.68 bits per heavy atom. The molecule has 0 radical (unpaired) electrons. The SMILES string of the molecule is CC(CC(=O)C(Cc1ccccc1)C(=O)O)C[C@H](N)C(=O)O. The van der Waals surface area contributed by atoms with Crippen LogP contribution >= 0.6 is 0 Å².